The lowest BCUT2D eigenvalue weighted by Gasteiger charge is -2.07. The zero-order valence-corrected chi connectivity index (χ0v) is 11.6. The summed E-state index contributed by atoms with van der Waals surface area (Å²) >= 11 is 2.16. The van der Waals surface area contributed by atoms with Crippen LogP contribution in [0.5, 0.6) is 0 Å². The molecule has 3 nitrogen and oxygen atoms in total. The van der Waals surface area contributed by atoms with Gasteiger partial charge in [0.25, 0.3) is 0 Å². The first-order valence-electron chi connectivity index (χ1n) is 5.08. The van der Waals surface area contributed by atoms with E-state index in [-0.39, 0.29) is 5.82 Å². The Morgan fingerprint density at radius 2 is 2.12 bits per heavy atom. The van der Waals surface area contributed by atoms with Crippen molar-refractivity contribution in [1.29, 1.82) is 0 Å². The van der Waals surface area contributed by atoms with Crippen molar-refractivity contribution in [2.24, 2.45) is 0 Å². The van der Waals surface area contributed by atoms with Gasteiger partial charge in [0.15, 0.2) is 5.82 Å². The lowest BCUT2D eigenvalue weighted by atomic mass is 10.1. The molecule has 0 bridgehead atoms. The fraction of sp³-hybridized carbons (Fsp3) is 0.167. The molecule has 0 radical (unpaired) electrons. The highest BCUT2D eigenvalue weighted by Crippen LogP contribution is 2.23. The van der Waals surface area contributed by atoms with Crippen LogP contribution in [0.2, 0.25) is 0 Å². The van der Waals surface area contributed by atoms with Gasteiger partial charge >= 0.3 is 0 Å². The summed E-state index contributed by atoms with van der Waals surface area (Å²) in [5.74, 6) is 1.14. The molecule has 1 aromatic carbocycles. The average molecular weight is 343 g/mol. The number of nitrogens with one attached hydrogen (secondary N) is 1. The van der Waals surface area contributed by atoms with Gasteiger partial charge in [0.05, 0.1) is 3.57 Å². The van der Waals surface area contributed by atoms with Gasteiger partial charge in [-0.05, 0) is 53.3 Å². The zero-order chi connectivity index (χ0) is 12.4. The van der Waals surface area contributed by atoms with Gasteiger partial charge in [-0.3, -0.25) is 0 Å². The first-order chi connectivity index (χ1) is 8.11. The normalized spacial score (nSPS) is 10.4. The number of aromatic nitrogens is 2. The van der Waals surface area contributed by atoms with Crippen LogP contribution in [-0.4, -0.2) is 17.0 Å². The van der Waals surface area contributed by atoms with Crippen molar-refractivity contribution in [2.75, 3.05) is 12.4 Å². The Morgan fingerprint density at radius 3 is 2.76 bits per heavy atom. The van der Waals surface area contributed by atoms with Crippen molar-refractivity contribution in [3.8, 4) is 11.4 Å². The second kappa shape index (κ2) is 4.95. The summed E-state index contributed by atoms with van der Waals surface area (Å²) < 4.78 is 14.0. The monoisotopic (exact) mass is 343 g/mol. The minimum absolute atomic E-state index is 0.245. The fourth-order valence-electron chi connectivity index (χ4n) is 1.55. The van der Waals surface area contributed by atoms with Gasteiger partial charge in [-0.15, -0.1) is 0 Å². The average Bonchev–Trinajstić information content (AvgIpc) is 2.30. The largest absolute Gasteiger partial charge is 0.372 e. The third-order valence-corrected chi connectivity index (χ3v) is 3.20. The molecule has 0 unspecified atom stereocenters. The zero-order valence-electron chi connectivity index (χ0n) is 9.46. The lowest BCUT2D eigenvalue weighted by Crippen LogP contribution is -2.00. The van der Waals surface area contributed by atoms with E-state index in [0.717, 1.165) is 20.5 Å². The van der Waals surface area contributed by atoms with E-state index in [1.54, 1.807) is 12.3 Å². The minimum Gasteiger partial charge on any atom is -0.372 e. The fourth-order valence-corrected chi connectivity index (χ4v) is 2.08. The predicted molar refractivity (Wildman–Crippen MR) is 74.4 cm³/mol. The number of hydrogen-bond donors (Lipinski definition) is 1. The Morgan fingerprint density at radius 1 is 1.35 bits per heavy atom. The first-order valence-corrected chi connectivity index (χ1v) is 6.16. The maximum absolute atomic E-state index is 13.0. The summed E-state index contributed by atoms with van der Waals surface area (Å²) in [6.45, 7) is 1.85. The molecule has 5 heteroatoms. The molecular formula is C12H11FIN3. The van der Waals surface area contributed by atoms with Gasteiger partial charge in [-0.25, -0.2) is 14.4 Å². The summed E-state index contributed by atoms with van der Waals surface area (Å²) in [4.78, 5) is 8.67. The molecule has 0 aliphatic rings. The predicted octanol–water partition coefficient (Wildman–Crippen LogP) is 3.24. The lowest BCUT2D eigenvalue weighted by molar-refractivity contribution is 0.627. The number of hydrogen-bond acceptors (Lipinski definition) is 3. The smallest absolute Gasteiger partial charge is 0.161 e. The Balaban J connectivity index is 2.53. The van der Waals surface area contributed by atoms with Crippen LogP contribution in [0.25, 0.3) is 11.4 Å². The molecule has 0 aliphatic heterocycles. The Labute approximate surface area is 113 Å². The molecule has 0 aliphatic carbocycles. The maximum Gasteiger partial charge on any atom is 0.161 e. The number of anilines is 1. The van der Waals surface area contributed by atoms with E-state index in [1.807, 2.05) is 14.0 Å². The van der Waals surface area contributed by atoms with Crippen molar-refractivity contribution < 1.29 is 4.39 Å². The van der Waals surface area contributed by atoms with Crippen LogP contribution in [0, 0.1) is 16.3 Å². The van der Waals surface area contributed by atoms with Crippen molar-refractivity contribution in [2.45, 2.75) is 6.92 Å². The summed E-state index contributed by atoms with van der Waals surface area (Å²) in [7, 11) is 1.81. The first kappa shape index (κ1) is 12.2. The van der Waals surface area contributed by atoms with Crippen LogP contribution in [0.3, 0.4) is 0 Å². The second-order valence-corrected chi connectivity index (χ2v) is 4.76. The number of benzene rings is 1. The van der Waals surface area contributed by atoms with Crippen LogP contribution in [-0.2, 0) is 0 Å². The van der Waals surface area contributed by atoms with E-state index in [0.29, 0.717) is 5.82 Å². The van der Waals surface area contributed by atoms with E-state index >= 15 is 0 Å². The topological polar surface area (TPSA) is 37.8 Å². The Kier molecular flexibility index (Phi) is 3.56. The number of nitrogens with zero attached hydrogens (tertiary/aromatic N) is 2. The standard InChI is InChI=1S/C12H11FIN3/c1-7-5-8(13)3-4-9(7)11-16-6-10(14)12(15-2)17-11/h3-6H,1-2H3,(H,15,16,17). The van der Waals surface area contributed by atoms with Gasteiger partial charge < -0.3 is 5.32 Å². The van der Waals surface area contributed by atoms with Crippen molar-refractivity contribution >= 4 is 28.4 Å². The van der Waals surface area contributed by atoms with Crippen LogP contribution >= 0.6 is 22.6 Å². The highest BCUT2D eigenvalue weighted by Gasteiger charge is 2.08. The Bertz CT molecular complexity index is 557. The molecule has 0 fully saturated rings. The molecule has 0 atom stereocenters. The number of aryl methyl sites for hydroxylation is 1. The van der Waals surface area contributed by atoms with Crippen molar-refractivity contribution in [3.63, 3.8) is 0 Å². The van der Waals surface area contributed by atoms with Gasteiger partial charge in [0.2, 0.25) is 0 Å². The summed E-state index contributed by atoms with van der Waals surface area (Å²) in [5.41, 5.74) is 1.67. The maximum atomic E-state index is 13.0. The molecule has 2 rings (SSSR count). The van der Waals surface area contributed by atoms with Crippen LogP contribution in [0.15, 0.2) is 24.4 Å². The third kappa shape index (κ3) is 2.54. The molecule has 0 amide bonds. The van der Waals surface area contributed by atoms with Crippen molar-refractivity contribution in [3.05, 3.63) is 39.3 Å². The van der Waals surface area contributed by atoms with Crippen LogP contribution in [0.4, 0.5) is 10.2 Å². The molecule has 88 valence electrons. The quantitative estimate of drug-likeness (QED) is 0.851. The SMILES string of the molecule is CNc1nc(-c2ccc(F)cc2C)ncc1I. The second-order valence-electron chi connectivity index (χ2n) is 3.60. The Hall–Kier alpha value is -1.24. The molecule has 0 saturated carbocycles. The minimum atomic E-state index is -0.245. The highest BCUT2D eigenvalue weighted by molar-refractivity contribution is 14.1. The highest BCUT2D eigenvalue weighted by atomic mass is 127. The third-order valence-electron chi connectivity index (χ3n) is 2.41. The summed E-state index contributed by atoms with van der Waals surface area (Å²) in [6.07, 6.45) is 1.75. The van der Waals surface area contributed by atoms with Gasteiger partial charge in [0.1, 0.15) is 11.6 Å². The van der Waals surface area contributed by atoms with Gasteiger partial charge in [0, 0.05) is 18.8 Å². The molecule has 1 aromatic heterocycles. The van der Waals surface area contributed by atoms with E-state index < -0.39 is 0 Å². The molecule has 2 aromatic rings. The van der Waals surface area contributed by atoms with Crippen LogP contribution < -0.4 is 5.32 Å². The molecule has 0 spiro atoms. The molecule has 0 saturated heterocycles. The number of rotatable bonds is 2. The van der Waals surface area contributed by atoms with Gasteiger partial charge in [-0.2, -0.15) is 0 Å². The molecule has 1 heterocycles. The molecular weight excluding hydrogens is 332 g/mol. The number of halogens is 2. The molecule has 17 heavy (non-hydrogen) atoms. The van der Waals surface area contributed by atoms with Crippen molar-refractivity contribution in [1.82, 2.24) is 9.97 Å². The molecule has 1 N–H and O–H groups in total. The summed E-state index contributed by atoms with van der Waals surface area (Å²) in [6, 6.07) is 4.60. The van der Waals surface area contributed by atoms with Gasteiger partial charge in [-0.1, -0.05) is 0 Å². The van der Waals surface area contributed by atoms with Crippen LogP contribution in [0.1, 0.15) is 5.56 Å². The van der Waals surface area contributed by atoms with E-state index in [9.17, 15) is 4.39 Å². The van der Waals surface area contributed by atoms with E-state index in [2.05, 4.69) is 37.9 Å². The van der Waals surface area contributed by atoms with E-state index in [1.165, 1.54) is 12.1 Å². The summed E-state index contributed by atoms with van der Waals surface area (Å²) in [5, 5.41) is 3.00. The van der Waals surface area contributed by atoms with E-state index in [4.69, 9.17) is 0 Å².